The average molecular weight is 241 g/mol. The van der Waals surface area contributed by atoms with Gasteiger partial charge in [-0.1, -0.05) is 37.8 Å². The highest BCUT2D eigenvalue weighted by Crippen LogP contribution is 2.14. The highest BCUT2D eigenvalue weighted by atomic mass is 35.5. The van der Waals surface area contributed by atoms with Crippen LogP contribution in [0.4, 0.5) is 0 Å². The predicted molar refractivity (Wildman–Crippen MR) is 59.8 cm³/mol. The van der Waals surface area contributed by atoms with Crippen LogP contribution >= 0.6 is 23.2 Å². The molecule has 0 rings (SSSR count). The topological polar surface area (TPSA) is 26.3 Å². The second-order valence-corrected chi connectivity index (χ2v) is 4.09. The molecule has 0 aliphatic rings. The van der Waals surface area contributed by atoms with Crippen molar-refractivity contribution in [2.75, 3.05) is 6.07 Å². The molecule has 0 aliphatic carbocycles. The minimum Gasteiger partial charge on any atom is -0.449 e. The van der Waals surface area contributed by atoms with Crippen molar-refractivity contribution in [1.82, 2.24) is 0 Å². The lowest BCUT2D eigenvalue weighted by molar-refractivity contribution is -0.141. The van der Waals surface area contributed by atoms with E-state index in [1.165, 1.54) is 12.8 Å². The summed E-state index contributed by atoms with van der Waals surface area (Å²) in [6.07, 6.45) is 5.56. The standard InChI is InChI=1S/C10H18Cl2O2/c1-2-3-4-5-9(12)6-7-10(13)14-8-11/h9H,2-8H2,1H3. The third-order valence-corrected chi connectivity index (χ3v) is 2.54. The van der Waals surface area contributed by atoms with Crippen LogP contribution < -0.4 is 0 Å². The lowest BCUT2D eigenvalue weighted by Gasteiger charge is -2.07. The van der Waals surface area contributed by atoms with E-state index in [-0.39, 0.29) is 17.4 Å². The van der Waals surface area contributed by atoms with Gasteiger partial charge in [0.2, 0.25) is 0 Å². The summed E-state index contributed by atoms with van der Waals surface area (Å²) >= 11 is 11.3. The summed E-state index contributed by atoms with van der Waals surface area (Å²) in [6, 6.07) is -0.0678. The van der Waals surface area contributed by atoms with Crippen LogP contribution in [0, 0.1) is 0 Å². The fourth-order valence-corrected chi connectivity index (χ4v) is 1.55. The van der Waals surface area contributed by atoms with Gasteiger partial charge in [0, 0.05) is 11.8 Å². The SMILES string of the molecule is CCCCCC(Cl)CCC(=O)OCCl. The number of carbonyl (C=O) groups excluding carboxylic acids is 1. The van der Waals surface area contributed by atoms with Gasteiger partial charge in [0.1, 0.15) is 0 Å². The van der Waals surface area contributed by atoms with Crippen LogP contribution in [0.2, 0.25) is 0 Å². The Morgan fingerprint density at radius 2 is 2.07 bits per heavy atom. The number of hydrogen-bond acceptors (Lipinski definition) is 2. The van der Waals surface area contributed by atoms with Crippen LogP contribution in [0.25, 0.3) is 0 Å². The van der Waals surface area contributed by atoms with Crippen molar-refractivity contribution >= 4 is 29.2 Å². The van der Waals surface area contributed by atoms with Crippen LogP contribution in [-0.4, -0.2) is 17.4 Å². The van der Waals surface area contributed by atoms with E-state index in [2.05, 4.69) is 11.7 Å². The molecule has 0 bridgehead atoms. The first kappa shape index (κ1) is 14.1. The molecule has 0 aromatic carbocycles. The Bertz CT molecular complexity index is 151. The zero-order valence-corrected chi connectivity index (χ0v) is 10.1. The van der Waals surface area contributed by atoms with E-state index in [0.29, 0.717) is 12.8 Å². The van der Waals surface area contributed by atoms with Gasteiger partial charge in [-0.15, -0.1) is 11.6 Å². The number of rotatable bonds is 8. The van der Waals surface area contributed by atoms with Gasteiger partial charge in [0.25, 0.3) is 0 Å². The molecule has 1 atom stereocenters. The predicted octanol–water partition coefficient (Wildman–Crippen LogP) is 3.69. The Labute approximate surface area is 95.9 Å². The first-order chi connectivity index (χ1) is 6.70. The molecule has 2 nitrogen and oxygen atoms in total. The van der Waals surface area contributed by atoms with Gasteiger partial charge in [0.15, 0.2) is 6.07 Å². The van der Waals surface area contributed by atoms with E-state index in [9.17, 15) is 4.79 Å². The molecule has 0 N–H and O–H groups in total. The van der Waals surface area contributed by atoms with Crippen molar-refractivity contribution in [3.8, 4) is 0 Å². The van der Waals surface area contributed by atoms with Gasteiger partial charge in [-0.05, 0) is 12.8 Å². The maximum absolute atomic E-state index is 10.9. The molecular weight excluding hydrogens is 223 g/mol. The molecule has 0 fully saturated rings. The van der Waals surface area contributed by atoms with Gasteiger partial charge in [-0.25, -0.2) is 0 Å². The van der Waals surface area contributed by atoms with Crippen LogP contribution in [0.15, 0.2) is 0 Å². The lowest BCUT2D eigenvalue weighted by Crippen LogP contribution is -2.07. The van der Waals surface area contributed by atoms with Crippen molar-refractivity contribution in [2.24, 2.45) is 0 Å². The minimum atomic E-state index is -0.263. The van der Waals surface area contributed by atoms with Gasteiger partial charge in [-0.2, -0.15) is 0 Å². The number of esters is 1. The lowest BCUT2D eigenvalue weighted by atomic mass is 10.1. The Morgan fingerprint density at radius 3 is 2.64 bits per heavy atom. The zero-order chi connectivity index (χ0) is 10.8. The summed E-state index contributed by atoms with van der Waals surface area (Å²) in [7, 11) is 0. The summed E-state index contributed by atoms with van der Waals surface area (Å²) in [5.74, 6) is -0.263. The maximum atomic E-state index is 10.9. The highest BCUT2D eigenvalue weighted by Gasteiger charge is 2.08. The van der Waals surface area contributed by atoms with Crippen LogP contribution in [-0.2, 0) is 9.53 Å². The first-order valence-electron chi connectivity index (χ1n) is 5.06. The molecule has 0 saturated carbocycles. The third kappa shape index (κ3) is 8.64. The van der Waals surface area contributed by atoms with Crippen molar-refractivity contribution < 1.29 is 9.53 Å². The Hall–Kier alpha value is 0.0500. The van der Waals surface area contributed by atoms with Gasteiger partial charge < -0.3 is 4.74 Å². The van der Waals surface area contributed by atoms with Gasteiger partial charge in [-0.3, -0.25) is 4.79 Å². The fourth-order valence-electron chi connectivity index (χ4n) is 1.17. The second kappa shape index (κ2) is 9.60. The molecule has 0 radical (unpaired) electrons. The molecule has 0 heterocycles. The van der Waals surface area contributed by atoms with Crippen molar-refractivity contribution in [3.05, 3.63) is 0 Å². The monoisotopic (exact) mass is 240 g/mol. The molecule has 4 heteroatoms. The smallest absolute Gasteiger partial charge is 0.307 e. The zero-order valence-electron chi connectivity index (χ0n) is 8.60. The molecule has 0 saturated heterocycles. The van der Waals surface area contributed by atoms with Crippen LogP contribution in [0.3, 0.4) is 0 Å². The fraction of sp³-hybridized carbons (Fsp3) is 0.900. The number of carbonyl (C=O) groups is 1. The minimum absolute atomic E-state index is 0.0678. The number of unbranched alkanes of at least 4 members (excludes halogenated alkanes) is 2. The van der Waals surface area contributed by atoms with E-state index in [1.807, 2.05) is 0 Å². The summed E-state index contributed by atoms with van der Waals surface area (Å²) in [4.78, 5) is 10.9. The Kier molecular flexibility index (Phi) is 9.63. The summed E-state index contributed by atoms with van der Waals surface area (Å²) in [6.45, 7) is 2.15. The molecular formula is C10H18Cl2O2. The maximum Gasteiger partial charge on any atom is 0.307 e. The molecule has 0 amide bonds. The van der Waals surface area contributed by atoms with Crippen molar-refractivity contribution in [3.63, 3.8) is 0 Å². The average Bonchev–Trinajstić information content (AvgIpc) is 2.16. The molecule has 0 aromatic rings. The molecule has 0 aliphatic heterocycles. The van der Waals surface area contributed by atoms with Crippen LogP contribution in [0.1, 0.15) is 45.4 Å². The number of ether oxygens (including phenoxy) is 1. The summed E-state index contributed by atoms with van der Waals surface area (Å²) < 4.78 is 4.59. The third-order valence-electron chi connectivity index (χ3n) is 2.00. The second-order valence-electron chi connectivity index (χ2n) is 3.26. The molecule has 84 valence electrons. The molecule has 1 unspecified atom stereocenters. The molecule has 14 heavy (non-hydrogen) atoms. The Morgan fingerprint density at radius 1 is 1.36 bits per heavy atom. The number of alkyl halides is 2. The van der Waals surface area contributed by atoms with E-state index < -0.39 is 0 Å². The van der Waals surface area contributed by atoms with E-state index in [4.69, 9.17) is 23.2 Å². The number of hydrogen-bond donors (Lipinski definition) is 0. The summed E-state index contributed by atoms with van der Waals surface area (Å²) in [5, 5.41) is 0.0874. The summed E-state index contributed by atoms with van der Waals surface area (Å²) in [5.41, 5.74) is 0. The van der Waals surface area contributed by atoms with E-state index in [0.717, 1.165) is 12.8 Å². The molecule has 0 aromatic heterocycles. The van der Waals surface area contributed by atoms with E-state index >= 15 is 0 Å². The van der Waals surface area contributed by atoms with Crippen LogP contribution in [0.5, 0.6) is 0 Å². The number of halogens is 2. The highest BCUT2D eigenvalue weighted by molar-refractivity contribution is 6.20. The van der Waals surface area contributed by atoms with Crippen molar-refractivity contribution in [1.29, 1.82) is 0 Å². The first-order valence-corrected chi connectivity index (χ1v) is 6.03. The van der Waals surface area contributed by atoms with E-state index in [1.54, 1.807) is 0 Å². The normalized spacial score (nSPS) is 12.5. The van der Waals surface area contributed by atoms with Gasteiger partial charge >= 0.3 is 5.97 Å². The van der Waals surface area contributed by atoms with Crippen molar-refractivity contribution in [2.45, 2.75) is 50.8 Å². The quantitative estimate of drug-likeness (QED) is 0.368. The molecule has 0 spiro atoms. The Balaban J connectivity index is 3.33. The van der Waals surface area contributed by atoms with Gasteiger partial charge in [0.05, 0.1) is 0 Å². The largest absolute Gasteiger partial charge is 0.449 e.